The van der Waals surface area contributed by atoms with Crippen LogP contribution in [0, 0.1) is 13.8 Å². The first-order valence-corrected chi connectivity index (χ1v) is 11.6. The fraction of sp³-hybridized carbons (Fsp3) is 0.154. The number of hydrogen-bond acceptors (Lipinski definition) is 4. The summed E-state index contributed by atoms with van der Waals surface area (Å²) in [6.07, 6.45) is 0. The lowest BCUT2D eigenvalue weighted by molar-refractivity contribution is 0.415. The molecule has 0 saturated carbocycles. The molecule has 4 heteroatoms. The Hall–Kier alpha value is -2.82. The smallest absolute Gasteiger partial charge is 0.119 e. The number of methoxy groups -OCH3 is 2. The molecule has 2 heterocycles. The van der Waals surface area contributed by atoms with E-state index in [0.29, 0.717) is 0 Å². The SMILES string of the molecule is COc1ccc2cc3sc4c(sc5cc6ccc(OC)cc6c(C)c54)c3c(C)c2c1. The van der Waals surface area contributed by atoms with Crippen LogP contribution in [0.4, 0.5) is 0 Å². The van der Waals surface area contributed by atoms with Gasteiger partial charge in [0.15, 0.2) is 0 Å². The third-order valence-corrected chi connectivity index (χ3v) is 8.67. The van der Waals surface area contributed by atoms with E-state index in [4.69, 9.17) is 9.47 Å². The molecule has 4 aromatic carbocycles. The molecule has 0 unspecified atom stereocenters. The van der Waals surface area contributed by atoms with Crippen LogP contribution in [0.5, 0.6) is 11.5 Å². The number of aryl methyl sites for hydroxylation is 2. The average Bonchev–Trinajstić information content (AvgIpc) is 3.29. The first kappa shape index (κ1) is 18.0. The van der Waals surface area contributed by atoms with Gasteiger partial charge in [-0.2, -0.15) is 0 Å². The van der Waals surface area contributed by atoms with Crippen LogP contribution in [-0.2, 0) is 0 Å². The van der Waals surface area contributed by atoms with Gasteiger partial charge in [0.1, 0.15) is 11.5 Å². The van der Waals surface area contributed by atoms with Gasteiger partial charge in [-0.25, -0.2) is 0 Å². The highest BCUT2D eigenvalue weighted by atomic mass is 32.1. The Morgan fingerprint density at radius 2 is 1.03 bits per heavy atom. The van der Waals surface area contributed by atoms with Crippen molar-refractivity contribution in [3.8, 4) is 11.5 Å². The minimum Gasteiger partial charge on any atom is -0.497 e. The number of fused-ring (bicyclic) bond motifs is 7. The van der Waals surface area contributed by atoms with Crippen molar-refractivity contribution in [2.75, 3.05) is 14.2 Å². The lowest BCUT2D eigenvalue weighted by Gasteiger charge is -2.07. The molecule has 0 fully saturated rings. The second-order valence-electron chi connectivity index (χ2n) is 7.79. The van der Waals surface area contributed by atoms with Gasteiger partial charge in [0.25, 0.3) is 0 Å². The fourth-order valence-corrected chi connectivity index (χ4v) is 7.68. The molecule has 0 radical (unpaired) electrons. The maximum Gasteiger partial charge on any atom is 0.119 e. The highest BCUT2D eigenvalue weighted by Crippen LogP contribution is 2.49. The predicted molar refractivity (Wildman–Crippen MR) is 132 cm³/mol. The molecular weight excluding hydrogens is 408 g/mol. The highest BCUT2D eigenvalue weighted by Gasteiger charge is 2.18. The van der Waals surface area contributed by atoms with Gasteiger partial charge in [-0.1, -0.05) is 12.1 Å². The van der Waals surface area contributed by atoms with Gasteiger partial charge < -0.3 is 9.47 Å². The van der Waals surface area contributed by atoms with Gasteiger partial charge in [0.05, 0.1) is 23.6 Å². The third kappa shape index (κ3) is 2.35. The highest BCUT2D eigenvalue weighted by molar-refractivity contribution is 7.36. The van der Waals surface area contributed by atoms with Crippen molar-refractivity contribution in [1.82, 2.24) is 0 Å². The maximum absolute atomic E-state index is 5.48. The molecule has 0 bridgehead atoms. The second kappa shape index (κ2) is 6.34. The zero-order valence-electron chi connectivity index (χ0n) is 17.3. The summed E-state index contributed by atoms with van der Waals surface area (Å²) in [6.45, 7) is 4.49. The van der Waals surface area contributed by atoms with Gasteiger partial charge in [-0.05, 0) is 82.9 Å². The zero-order valence-corrected chi connectivity index (χ0v) is 18.9. The van der Waals surface area contributed by atoms with Crippen molar-refractivity contribution >= 4 is 73.8 Å². The van der Waals surface area contributed by atoms with Crippen molar-refractivity contribution in [2.45, 2.75) is 13.8 Å². The van der Waals surface area contributed by atoms with Gasteiger partial charge in [-0.3, -0.25) is 0 Å². The van der Waals surface area contributed by atoms with E-state index in [1.165, 1.54) is 62.2 Å². The number of thiophene rings is 2. The van der Waals surface area contributed by atoms with Crippen LogP contribution in [0.2, 0.25) is 0 Å². The molecule has 0 atom stereocenters. The summed E-state index contributed by atoms with van der Waals surface area (Å²) < 4.78 is 16.5. The summed E-state index contributed by atoms with van der Waals surface area (Å²) in [5.41, 5.74) is 2.67. The lowest BCUT2D eigenvalue weighted by atomic mass is 10.00. The van der Waals surface area contributed by atoms with Gasteiger partial charge in [0.2, 0.25) is 0 Å². The Bertz CT molecular complexity index is 1510. The number of hydrogen-bond donors (Lipinski definition) is 0. The first-order valence-electron chi connectivity index (χ1n) is 9.92. The molecular formula is C26H20O2S2. The lowest BCUT2D eigenvalue weighted by Crippen LogP contribution is -1.85. The largest absolute Gasteiger partial charge is 0.497 e. The molecule has 0 N–H and O–H groups in total. The average molecular weight is 429 g/mol. The van der Waals surface area contributed by atoms with E-state index in [2.05, 4.69) is 50.2 Å². The summed E-state index contributed by atoms with van der Waals surface area (Å²) in [6, 6.07) is 17.4. The van der Waals surface area contributed by atoms with Gasteiger partial charge >= 0.3 is 0 Å². The van der Waals surface area contributed by atoms with E-state index in [0.717, 1.165) is 11.5 Å². The van der Waals surface area contributed by atoms with E-state index < -0.39 is 0 Å². The number of ether oxygens (including phenoxy) is 2. The monoisotopic (exact) mass is 428 g/mol. The molecule has 6 rings (SSSR count). The molecule has 30 heavy (non-hydrogen) atoms. The molecule has 0 aliphatic heterocycles. The molecule has 0 aliphatic carbocycles. The number of rotatable bonds is 2. The van der Waals surface area contributed by atoms with Crippen molar-refractivity contribution in [1.29, 1.82) is 0 Å². The Morgan fingerprint density at radius 1 is 0.600 bits per heavy atom. The van der Waals surface area contributed by atoms with Crippen LogP contribution in [0.3, 0.4) is 0 Å². The zero-order chi connectivity index (χ0) is 20.6. The molecule has 2 nitrogen and oxygen atoms in total. The van der Waals surface area contributed by atoms with Crippen molar-refractivity contribution in [3.63, 3.8) is 0 Å². The maximum atomic E-state index is 5.48. The topological polar surface area (TPSA) is 18.5 Å². The van der Waals surface area contributed by atoms with Crippen LogP contribution in [0.15, 0.2) is 48.5 Å². The minimum atomic E-state index is 0.906. The van der Waals surface area contributed by atoms with Crippen LogP contribution >= 0.6 is 22.7 Å². The van der Waals surface area contributed by atoms with Gasteiger partial charge in [-0.15, -0.1) is 22.7 Å². The molecule has 148 valence electrons. The van der Waals surface area contributed by atoms with E-state index in [-0.39, 0.29) is 0 Å². The first-order chi connectivity index (χ1) is 14.6. The summed E-state index contributed by atoms with van der Waals surface area (Å²) in [5.74, 6) is 1.81. The normalized spacial score (nSPS) is 12.0. The van der Waals surface area contributed by atoms with Crippen LogP contribution in [0.1, 0.15) is 11.1 Å². The van der Waals surface area contributed by atoms with E-state index in [9.17, 15) is 0 Å². The van der Waals surface area contributed by atoms with Crippen LogP contribution in [0.25, 0.3) is 51.1 Å². The second-order valence-corrected chi connectivity index (χ2v) is 9.89. The Labute approximate surface area is 182 Å². The number of benzene rings is 4. The third-order valence-electron chi connectivity index (χ3n) is 6.23. The Morgan fingerprint density at radius 3 is 1.43 bits per heavy atom. The Kier molecular flexibility index (Phi) is 3.80. The summed E-state index contributed by atoms with van der Waals surface area (Å²) in [4.78, 5) is 0. The van der Waals surface area contributed by atoms with Gasteiger partial charge in [0, 0.05) is 20.2 Å². The van der Waals surface area contributed by atoms with Crippen molar-refractivity contribution in [2.24, 2.45) is 0 Å². The molecule has 0 saturated heterocycles. The standard InChI is InChI=1S/C26H20O2S2/c1-13-19-11-17(27-3)7-5-15(19)9-21-23(13)25-26(29-21)24-14(2)20-12-18(28-4)8-6-16(20)10-22(24)30-25/h5-12H,1-4H3. The van der Waals surface area contributed by atoms with Crippen molar-refractivity contribution < 1.29 is 9.47 Å². The van der Waals surface area contributed by atoms with Crippen molar-refractivity contribution in [3.05, 3.63) is 59.7 Å². The van der Waals surface area contributed by atoms with Crippen LogP contribution < -0.4 is 9.47 Å². The quantitative estimate of drug-likeness (QED) is 0.277. The molecule has 0 aliphatic rings. The summed E-state index contributed by atoms with van der Waals surface area (Å²) in [7, 11) is 3.46. The molecule has 6 aromatic rings. The summed E-state index contributed by atoms with van der Waals surface area (Å²) in [5, 5.41) is 7.85. The molecule has 2 aromatic heterocycles. The van der Waals surface area contributed by atoms with E-state index in [1.807, 2.05) is 34.8 Å². The Balaban J connectivity index is 1.77. The minimum absolute atomic E-state index is 0.906. The van der Waals surface area contributed by atoms with Crippen LogP contribution in [-0.4, -0.2) is 14.2 Å². The summed E-state index contributed by atoms with van der Waals surface area (Å²) >= 11 is 3.83. The predicted octanol–water partition coefficient (Wildman–Crippen LogP) is 8.21. The fourth-order valence-electron chi connectivity index (χ4n) is 4.66. The molecule has 0 spiro atoms. The van der Waals surface area contributed by atoms with E-state index in [1.54, 1.807) is 14.2 Å². The molecule has 0 amide bonds. The van der Waals surface area contributed by atoms with E-state index >= 15 is 0 Å².